The van der Waals surface area contributed by atoms with Crippen molar-refractivity contribution in [2.75, 3.05) is 0 Å². The van der Waals surface area contributed by atoms with Crippen molar-refractivity contribution in [2.24, 2.45) is 5.73 Å². The van der Waals surface area contributed by atoms with Crippen LogP contribution in [0.2, 0.25) is 0 Å². The second-order valence-electron chi connectivity index (χ2n) is 5.08. The summed E-state index contributed by atoms with van der Waals surface area (Å²) in [5.74, 6) is -0.360. The Hall–Kier alpha value is -0.140. The highest BCUT2D eigenvalue weighted by Crippen LogP contribution is 2.20. The summed E-state index contributed by atoms with van der Waals surface area (Å²) >= 11 is 5.64. The third-order valence-corrected chi connectivity index (χ3v) is 3.66. The standard InChI is InChI=1S/C13H17BrINO2/c1-13(2,3)18-12(17)11(16)6-8-4-5-9(14)7-10(8)15/h4-5,7,11H,6,16H2,1-3H3/t11-/m0/s1. The van der Waals surface area contributed by atoms with Gasteiger partial charge in [-0.1, -0.05) is 22.0 Å². The van der Waals surface area contributed by atoms with E-state index >= 15 is 0 Å². The third kappa shape index (κ3) is 5.24. The largest absolute Gasteiger partial charge is 0.459 e. The van der Waals surface area contributed by atoms with E-state index in [2.05, 4.69) is 38.5 Å². The Morgan fingerprint density at radius 2 is 2.11 bits per heavy atom. The van der Waals surface area contributed by atoms with Gasteiger partial charge in [0.2, 0.25) is 0 Å². The van der Waals surface area contributed by atoms with Crippen LogP contribution in [0, 0.1) is 3.57 Å². The molecule has 0 fully saturated rings. The molecule has 0 unspecified atom stereocenters. The Bertz CT molecular complexity index is 443. The molecule has 0 radical (unpaired) electrons. The van der Waals surface area contributed by atoms with Crippen molar-refractivity contribution in [3.63, 3.8) is 0 Å². The van der Waals surface area contributed by atoms with Crippen molar-refractivity contribution in [1.82, 2.24) is 0 Å². The van der Waals surface area contributed by atoms with Crippen LogP contribution >= 0.6 is 38.5 Å². The van der Waals surface area contributed by atoms with Crippen molar-refractivity contribution in [3.05, 3.63) is 31.8 Å². The number of hydrogen-bond acceptors (Lipinski definition) is 3. The van der Waals surface area contributed by atoms with Crippen molar-refractivity contribution in [2.45, 2.75) is 38.8 Å². The first kappa shape index (κ1) is 15.9. The highest BCUT2D eigenvalue weighted by molar-refractivity contribution is 14.1. The first-order chi connectivity index (χ1) is 8.19. The number of halogens is 2. The Labute approximate surface area is 130 Å². The van der Waals surface area contributed by atoms with Gasteiger partial charge in [0.25, 0.3) is 0 Å². The monoisotopic (exact) mass is 425 g/mol. The molecule has 18 heavy (non-hydrogen) atoms. The summed E-state index contributed by atoms with van der Waals surface area (Å²) in [4.78, 5) is 11.8. The Kier molecular flexibility index (Phi) is 5.61. The normalized spacial score (nSPS) is 13.2. The maximum absolute atomic E-state index is 11.8. The van der Waals surface area contributed by atoms with Gasteiger partial charge in [-0.3, -0.25) is 4.79 Å². The predicted octanol–water partition coefficient (Wildman–Crippen LogP) is 3.27. The summed E-state index contributed by atoms with van der Waals surface area (Å²) in [6, 6.07) is 5.28. The number of rotatable bonds is 3. The zero-order valence-corrected chi connectivity index (χ0v) is 14.4. The second-order valence-corrected chi connectivity index (χ2v) is 7.16. The molecule has 0 aromatic heterocycles. The summed E-state index contributed by atoms with van der Waals surface area (Å²) in [5, 5.41) is 0. The Balaban J connectivity index is 2.69. The first-order valence-electron chi connectivity index (χ1n) is 5.61. The van der Waals surface area contributed by atoms with E-state index in [4.69, 9.17) is 10.5 Å². The molecule has 0 aliphatic rings. The van der Waals surface area contributed by atoms with E-state index in [0.29, 0.717) is 6.42 Å². The van der Waals surface area contributed by atoms with Crippen LogP contribution in [0.5, 0.6) is 0 Å². The van der Waals surface area contributed by atoms with Gasteiger partial charge in [-0.2, -0.15) is 0 Å². The number of carbonyl (C=O) groups is 1. The molecule has 0 bridgehead atoms. The molecule has 0 aliphatic carbocycles. The second kappa shape index (κ2) is 6.34. The molecule has 1 atom stereocenters. The van der Waals surface area contributed by atoms with Crippen LogP contribution in [0.15, 0.2) is 22.7 Å². The minimum Gasteiger partial charge on any atom is -0.459 e. The summed E-state index contributed by atoms with van der Waals surface area (Å²) in [7, 11) is 0. The van der Waals surface area contributed by atoms with Gasteiger partial charge in [-0.25, -0.2) is 0 Å². The molecule has 0 saturated carbocycles. The molecule has 0 saturated heterocycles. The average molecular weight is 426 g/mol. The lowest BCUT2D eigenvalue weighted by Crippen LogP contribution is -2.38. The minimum absolute atomic E-state index is 0.360. The summed E-state index contributed by atoms with van der Waals surface area (Å²) < 4.78 is 7.36. The summed E-state index contributed by atoms with van der Waals surface area (Å²) in [6.07, 6.45) is 0.487. The van der Waals surface area contributed by atoms with Crippen LogP contribution in [0.1, 0.15) is 26.3 Å². The van der Waals surface area contributed by atoms with Crippen molar-refractivity contribution in [1.29, 1.82) is 0 Å². The lowest BCUT2D eigenvalue weighted by Gasteiger charge is -2.22. The predicted molar refractivity (Wildman–Crippen MR) is 84.4 cm³/mol. The van der Waals surface area contributed by atoms with E-state index in [-0.39, 0.29) is 5.97 Å². The van der Waals surface area contributed by atoms with Gasteiger partial charge in [0.1, 0.15) is 11.6 Å². The molecule has 1 aromatic rings. The lowest BCUT2D eigenvalue weighted by molar-refractivity contribution is -0.156. The fraction of sp³-hybridized carbons (Fsp3) is 0.462. The molecular formula is C13H17BrINO2. The number of esters is 1. The molecule has 100 valence electrons. The van der Waals surface area contributed by atoms with E-state index in [9.17, 15) is 4.79 Å². The molecule has 0 amide bonds. The van der Waals surface area contributed by atoms with Crippen molar-refractivity contribution in [3.8, 4) is 0 Å². The van der Waals surface area contributed by atoms with Crippen LogP contribution in [0.4, 0.5) is 0 Å². The number of carbonyl (C=O) groups excluding carboxylic acids is 1. The highest BCUT2D eigenvalue weighted by Gasteiger charge is 2.22. The summed E-state index contributed by atoms with van der Waals surface area (Å²) in [6.45, 7) is 5.50. The number of nitrogens with two attached hydrogens (primary N) is 1. The molecule has 3 nitrogen and oxygen atoms in total. The molecule has 1 aromatic carbocycles. The topological polar surface area (TPSA) is 52.3 Å². The quantitative estimate of drug-likeness (QED) is 0.597. The van der Waals surface area contributed by atoms with Crippen LogP contribution < -0.4 is 5.73 Å². The van der Waals surface area contributed by atoms with Gasteiger partial charge in [0.05, 0.1) is 0 Å². The Morgan fingerprint density at radius 3 is 2.61 bits per heavy atom. The highest BCUT2D eigenvalue weighted by atomic mass is 127. The smallest absolute Gasteiger partial charge is 0.323 e. The molecule has 0 spiro atoms. The fourth-order valence-electron chi connectivity index (χ4n) is 1.38. The zero-order chi connectivity index (χ0) is 13.9. The molecule has 1 rings (SSSR count). The number of benzene rings is 1. The van der Waals surface area contributed by atoms with Gasteiger partial charge < -0.3 is 10.5 Å². The number of ether oxygens (including phenoxy) is 1. The lowest BCUT2D eigenvalue weighted by atomic mass is 10.1. The maximum atomic E-state index is 11.8. The third-order valence-electron chi connectivity index (χ3n) is 2.16. The molecular weight excluding hydrogens is 409 g/mol. The SMILES string of the molecule is CC(C)(C)OC(=O)[C@@H](N)Cc1ccc(Br)cc1I. The van der Waals surface area contributed by atoms with E-state index in [1.165, 1.54) is 0 Å². The van der Waals surface area contributed by atoms with E-state index in [1.807, 2.05) is 39.0 Å². The molecule has 0 heterocycles. The van der Waals surface area contributed by atoms with Crippen molar-refractivity contribution >= 4 is 44.5 Å². The molecule has 5 heteroatoms. The zero-order valence-electron chi connectivity index (χ0n) is 10.7. The minimum atomic E-state index is -0.626. The Morgan fingerprint density at radius 1 is 1.50 bits per heavy atom. The van der Waals surface area contributed by atoms with Gasteiger partial charge >= 0.3 is 5.97 Å². The van der Waals surface area contributed by atoms with Gasteiger partial charge in [0.15, 0.2) is 0 Å². The first-order valence-corrected chi connectivity index (χ1v) is 7.48. The van der Waals surface area contributed by atoms with Crippen LogP contribution in [-0.2, 0) is 16.0 Å². The maximum Gasteiger partial charge on any atom is 0.323 e. The van der Waals surface area contributed by atoms with E-state index in [1.54, 1.807) is 0 Å². The van der Waals surface area contributed by atoms with E-state index < -0.39 is 11.6 Å². The van der Waals surface area contributed by atoms with Crippen LogP contribution in [0.3, 0.4) is 0 Å². The van der Waals surface area contributed by atoms with Crippen LogP contribution in [0.25, 0.3) is 0 Å². The average Bonchev–Trinajstić information content (AvgIpc) is 2.19. The van der Waals surface area contributed by atoms with E-state index in [0.717, 1.165) is 13.6 Å². The summed E-state index contributed by atoms with van der Waals surface area (Å²) in [5.41, 5.74) is 6.43. The van der Waals surface area contributed by atoms with Gasteiger partial charge in [0, 0.05) is 8.04 Å². The molecule has 2 N–H and O–H groups in total. The fourth-order valence-corrected chi connectivity index (χ4v) is 2.91. The number of hydrogen-bond donors (Lipinski definition) is 1. The van der Waals surface area contributed by atoms with Gasteiger partial charge in [-0.15, -0.1) is 0 Å². The van der Waals surface area contributed by atoms with Crippen molar-refractivity contribution < 1.29 is 9.53 Å². The van der Waals surface area contributed by atoms with Gasteiger partial charge in [-0.05, 0) is 67.5 Å². The molecule has 0 aliphatic heterocycles. The van der Waals surface area contributed by atoms with Crippen LogP contribution in [-0.4, -0.2) is 17.6 Å².